The van der Waals surface area contributed by atoms with E-state index in [-0.39, 0.29) is 0 Å². The fourth-order valence-electron chi connectivity index (χ4n) is 1.59. The highest BCUT2D eigenvalue weighted by molar-refractivity contribution is 5.65. The maximum Gasteiger partial charge on any atom is 0.293 e. The van der Waals surface area contributed by atoms with Crippen LogP contribution in [-0.4, -0.2) is 13.1 Å². The third-order valence-electron chi connectivity index (χ3n) is 2.42. The molecule has 76 valence electrons. The quantitative estimate of drug-likeness (QED) is 0.560. The van der Waals surface area contributed by atoms with Gasteiger partial charge in [0.15, 0.2) is 0 Å². The Hall–Kier alpha value is -1.83. The molecular formula is C13H12O2. The lowest BCUT2D eigenvalue weighted by Crippen LogP contribution is -1.95. The summed E-state index contributed by atoms with van der Waals surface area (Å²) in [5.74, 6) is 0. The van der Waals surface area contributed by atoms with Crippen LogP contribution in [-0.2, 0) is 16.0 Å². The minimum Gasteiger partial charge on any atom is -0.468 e. The molecule has 0 heterocycles. The molecule has 0 unspecified atom stereocenters. The maximum atomic E-state index is 9.98. The normalized spacial score (nSPS) is 10.1. The van der Waals surface area contributed by atoms with Crippen molar-refractivity contribution in [3.05, 3.63) is 48.0 Å². The van der Waals surface area contributed by atoms with Gasteiger partial charge in [0.1, 0.15) is 0 Å². The molecule has 2 aliphatic rings. The molecular weight excluding hydrogens is 188 g/mol. The number of carbonyl (C=O) groups excluding carboxylic acids is 1. The molecule has 2 aliphatic carbocycles. The molecule has 0 radical (unpaired) electrons. The summed E-state index contributed by atoms with van der Waals surface area (Å²) in [7, 11) is 0. The van der Waals surface area contributed by atoms with Crippen molar-refractivity contribution in [1.29, 1.82) is 0 Å². The van der Waals surface area contributed by atoms with E-state index in [9.17, 15) is 4.79 Å². The minimum absolute atomic E-state index is 0.442. The Morgan fingerprint density at radius 1 is 1.00 bits per heavy atom. The Kier molecular flexibility index (Phi) is 2.98. The fourth-order valence-corrected chi connectivity index (χ4v) is 1.59. The van der Waals surface area contributed by atoms with Crippen LogP contribution in [0.15, 0.2) is 42.5 Å². The molecule has 0 fully saturated rings. The molecule has 0 spiro atoms. The lowest BCUT2D eigenvalue weighted by atomic mass is 10.2. The van der Waals surface area contributed by atoms with Gasteiger partial charge in [-0.15, -0.1) is 0 Å². The van der Waals surface area contributed by atoms with E-state index in [0.717, 1.165) is 6.42 Å². The highest BCUT2D eigenvalue weighted by Crippen LogP contribution is 2.21. The van der Waals surface area contributed by atoms with Crippen molar-refractivity contribution >= 4 is 6.47 Å². The van der Waals surface area contributed by atoms with E-state index in [1.807, 2.05) is 6.07 Å². The van der Waals surface area contributed by atoms with Gasteiger partial charge in [0.2, 0.25) is 0 Å². The molecule has 0 aromatic heterocycles. The zero-order valence-electron chi connectivity index (χ0n) is 8.35. The van der Waals surface area contributed by atoms with Gasteiger partial charge in [-0.3, -0.25) is 4.79 Å². The second kappa shape index (κ2) is 4.60. The SMILES string of the molecule is O=COCCc1ccc2cccc-2cc1. The largest absolute Gasteiger partial charge is 0.468 e. The van der Waals surface area contributed by atoms with Gasteiger partial charge < -0.3 is 4.74 Å². The summed E-state index contributed by atoms with van der Waals surface area (Å²) in [6, 6.07) is 14.5. The number of ether oxygens (including phenoxy) is 1. The van der Waals surface area contributed by atoms with Crippen LogP contribution in [0.3, 0.4) is 0 Å². The van der Waals surface area contributed by atoms with Gasteiger partial charge in [0, 0.05) is 6.42 Å². The van der Waals surface area contributed by atoms with Crippen LogP contribution in [0.4, 0.5) is 0 Å². The molecule has 2 heteroatoms. The van der Waals surface area contributed by atoms with E-state index >= 15 is 0 Å². The van der Waals surface area contributed by atoms with Crippen molar-refractivity contribution in [2.45, 2.75) is 6.42 Å². The molecule has 0 saturated carbocycles. The molecule has 2 rings (SSSR count). The van der Waals surface area contributed by atoms with Crippen molar-refractivity contribution in [3.63, 3.8) is 0 Å². The van der Waals surface area contributed by atoms with E-state index in [4.69, 9.17) is 0 Å². The first-order valence-electron chi connectivity index (χ1n) is 4.93. The van der Waals surface area contributed by atoms with Crippen LogP contribution < -0.4 is 0 Å². The molecule has 2 nitrogen and oxygen atoms in total. The first kappa shape index (κ1) is 9.71. The van der Waals surface area contributed by atoms with Crippen LogP contribution >= 0.6 is 0 Å². The van der Waals surface area contributed by atoms with Gasteiger partial charge in [0.05, 0.1) is 6.61 Å². The summed E-state index contributed by atoms with van der Waals surface area (Å²) in [4.78, 5) is 9.98. The summed E-state index contributed by atoms with van der Waals surface area (Å²) in [5.41, 5.74) is 3.64. The van der Waals surface area contributed by atoms with Crippen LogP contribution in [0.2, 0.25) is 0 Å². The van der Waals surface area contributed by atoms with Gasteiger partial charge in [-0.2, -0.15) is 0 Å². The average Bonchev–Trinajstić information content (AvgIpc) is 2.61. The fraction of sp³-hybridized carbons (Fsp3) is 0.154. The Balaban J connectivity index is 2.15. The summed E-state index contributed by atoms with van der Waals surface area (Å²) in [6.45, 7) is 0.928. The summed E-state index contributed by atoms with van der Waals surface area (Å²) in [6.07, 6.45) is 0.760. The Bertz CT molecular complexity index is 392. The van der Waals surface area contributed by atoms with E-state index < -0.39 is 0 Å². The van der Waals surface area contributed by atoms with Gasteiger partial charge in [-0.1, -0.05) is 42.5 Å². The first-order valence-corrected chi connectivity index (χ1v) is 4.93. The number of rotatable bonds is 4. The Morgan fingerprint density at radius 2 is 1.67 bits per heavy atom. The smallest absolute Gasteiger partial charge is 0.293 e. The predicted octanol–water partition coefficient (Wildman–Crippen LogP) is 2.51. The average molecular weight is 200 g/mol. The number of hydrogen-bond donors (Lipinski definition) is 0. The van der Waals surface area contributed by atoms with Crippen molar-refractivity contribution < 1.29 is 9.53 Å². The molecule has 0 atom stereocenters. The standard InChI is InChI=1S/C13H12O2/c14-10-15-9-8-11-4-6-12-2-1-3-13(12)7-5-11/h1-7,10H,8-9H2. The zero-order valence-corrected chi connectivity index (χ0v) is 8.35. The predicted molar refractivity (Wildman–Crippen MR) is 58.8 cm³/mol. The lowest BCUT2D eigenvalue weighted by Gasteiger charge is -1.95. The monoisotopic (exact) mass is 200 g/mol. The molecule has 0 N–H and O–H groups in total. The van der Waals surface area contributed by atoms with Crippen molar-refractivity contribution in [1.82, 2.24) is 0 Å². The molecule has 0 saturated heterocycles. The first-order chi connectivity index (χ1) is 7.40. The number of carbonyl (C=O) groups is 1. The zero-order chi connectivity index (χ0) is 10.5. The van der Waals surface area contributed by atoms with Gasteiger partial charge in [-0.25, -0.2) is 0 Å². The number of fused-ring (bicyclic) bond motifs is 1. The minimum atomic E-state index is 0.442. The number of hydrogen-bond acceptors (Lipinski definition) is 2. The van der Waals surface area contributed by atoms with Crippen molar-refractivity contribution in [2.24, 2.45) is 0 Å². The van der Waals surface area contributed by atoms with Crippen molar-refractivity contribution in [2.75, 3.05) is 6.61 Å². The lowest BCUT2D eigenvalue weighted by molar-refractivity contribution is -0.128. The third kappa shape index (κ3) is 2.34. The second-order valence-electron chi connectivity index (χ2n) is 3.40. The van der Waals surface area contributed by atoms with Gasteiger partial charge in [-0.05, 0) is 16.7 Å². The van der Waals surface area contributed by atoms with Gasteiger partial charge in [0.25, 0.3) is 6.47 Å². The molecule has 0 amide bonds. The van der Waals surface area contributed by atoms with E-state index in [1.54, 1.807) is 0 Å². The summed E-state index contributed by atoms with van der Waals surface area (Å²) in [5, 5.41) is 0. The molecule has 0 aromatic rings. The van der Waals surface area contributed by atoms with Crippen LogP contribution in [0.1, 0.15) is 5.56 Å². The topological polar surface area (TPSA) is 26.3 Å². The summed E-state index contributed by atoms with van der Waals surface area (Å²) >= 11 is 0. The summed E-state index contributed by atoms with van der Waals surface area (Å²) < 4.78 is 4.67. The molecule has 0 aromatic carbocycles. The Labute approximate surface area is 88.8 Å². The second-order valence-corrected chi connectivity index (χ2v) is 3.40. The highest BCUT2D eigenvalue weighted by Gasteiger charge is 1.99. The highest BCUT2D eigenvalue weighted by atomic mass is 16.5. The van der Waals surface area contributed by atoms with E-state index in [0.29, 0.717) is 13.1 Å². The molecule has 0 bridgehead atoms. The maximum absolute atomic E-state index is 9.98. The van der Waals surface area contributed by atoms with Crippen molar-refractivity contribution in [3.8, 4) is 11.1 Å². The Morgan fingerprint density at radius 3 is 2.27 bits per heavy atom. The van der Waals surface area contributed by atoms with Crippen LogP contribution in [0.25, 0.3) is 11.1 Å². The third-order valence-corrected chi connectivity index (χ3v) is 2.42. The molecule has 0 aliphatic heterocycles. The molecule has 15 heavy (non-hydrogen) atoms. The van der Waals surface area contributed by atoms with Gasteiger partial charge >= 0.3 is 0 Å². The van der Waals surface area contributed by atoms with Crippen LogP contribution in [0, 0.1) is 0 Å². The van der Waals surface area contributed by atoms with E-state index in [2.05, 4.69) is 41.1 Å². The van der Waals surface area contributed by atoms with E-state index in [1.165, 1.54) is 16.7 Å². The van der Waals surface area contributed by atoms with Crippen LogP contribution in [0.5, 0.6) is 0 Å².